The van der Waals surface area contributed by atoms with Crippen LogP contribution in [0.25, 0.3) is 0 Å². The fraction of sp³-hybridized carbons (Fsp3) is 0.143. The predicted octanol–water partition coefficient (Wildman–Crippen LogP) is 3.50. The average Bonchev–Trinajstić information content (AvgIpc) is 2.55. The average molecular weight is 553 g/mol. The first kappa shape index (κ1) is 16.9. The van der Waals surface area contributed by atoms with E-state index in [0.29, 0.717) is 0 Å². The van der Waals surface area contributed by atoms with Gasteiger partial charge in [0.1, 0.15) is 0 Å². The van der Waals surface area contributed by atoms with Crippen molar-refractivity contribution in [3.05, 3.63) is 89.5 Å². The van der Waals surface area contributed by atoms with Crippen LogP contribution < -0.4 is 11.9 Å². The Morgan fingerprint density at radius 3 is 1.04 bits per heavy atom. The van der Waals surface area contributed by atoms with E-state index in [1.807, 2.05) is 0 Å². The van der Waals surface area contributed by atoms with Crippen LogP contribution >= 0.6 is 0 Å². The van der Waals surface area contributed by atoms with Crippen LogP contribution in [0, 0.1) is 20.8 Å². The molecule has 0 aliphatic rings. The van der Waals surface area contributed by atoms with E-state index >= 15 is 0 Å². The van der Waals surface area contributed by atoms with Gasteiger partial charge in [0.25, 0.3) is 0 Å². The van der Waals surface area contributed by atoms with Crippen LogP contribution in [0.4, 0.5) is 0 Å². The van der Waals surface area contributed by atoms with E-state index in [0.717, 1.165) is 0 Å². The molecule has 23 heavy (non-hydrogen) atoms. The zero-order valence-electron chi connectivity index (χ0n) is 13.7. The van der Waals surface area contributed by atoms with Crippen molar-refractivity contribution in [3.8, 4) is 0 Å². The van der Waals surface area contributed by atoms with Crippen molar-refractivity contribution in [3.63, 3.8) is 0 Å². The zero-order valence-corrected chi connectivity index (χ0v) is 18.7. The molecular weight excluding hydrogens is 532 g/mol. The van der Waals surface area contributed by atoms with Gasteiger partial charge in [0.15, 0.2) is 0 Å². The van der Waals surface area contributed by atoms with Crippen molar-refractivity contribution >= 4 is 11.9 Å². The molecule has 0 saturated carbocycles. The van der Waals surface area contributed by atoms with Crippen LogP contribution in [-0.2, 0) is 29.9 Å². The molecule has 0 amide bonds. The number of rotatable bonds is 3. The molecule has 117 valence electrons. The first-order chi connectivity index (χ1) is 11.0. The van der Waals surface area contributed by atoms with E-state index in [1.54, 1.807) is 11.9 Å². The predicted molar refractivity (Wildman–Crippen MR) is 92.4 cm³/mol. The van der Waals surface area contributed by atoms with Crippen LogP contribution in [0.1, 0.15) is 16.7 Å². The van der Waals surface area contributed by atoms with Crippen molar-refractivity contribution in [2.75, 3.05) is 0 Å². The second-order valence-electron chi connectivity index (χ2n) is 5.85. The van der Waals surface area contributed by atoms with Gasteiger partial charge in [-0.15, -0.1) is 0 Å². The number of hydrogen-bond acceptors (Lipinski definition) is 0. The van der Waals surface area contributed by atoms with Gasteiger partial charge in [-0.1, -0.05) is 0 Å². The van der Waals surface area contributed by atoms with E-state index in [4.69, 9.17) is 0 Å². The summed E-state index contributed by atoms with van der Waals surface area (Å²) in [6.07, 6.45) is 0. The molecule has 0 aromatic heterocycles. The van der Waals surface area contributed by atoms with Gasteiger partial charge < -0.3 is 0 Å². The van der Waals surface area contributed by atoms with E-state index in [-0.39, 0.29) is 0 Å². The second kappa shape index (κ2) is 6.88. The fourth-order valence-corrected chi connectivity index (χ4v) is 25.4. The standard InChI is InChI=1S/3C7H7.Mo.W/c3*1-7-5-3-2-4-6-7;;/h3*2-5H,1H3;;. The van der Waals surface area contributed by atoms with Gasteiger partial charge >= 0.3 is 152 Å². The fourth-order valence-electron chi connectivity index (χ4n) is 2.99. The molecule has 0 radical (unpaired) electrons. The van der Waals surface area contributed by atoms with E-state index in [9.17, 15) is 0 Å². The molecular formula is C21H21MoW. The van der Waals surface area contributed by atoms with Crippen molar-refractivity contribution in [1.29, 1.82) is 0 Å². The minimum atomic E-state index is -2.93. The maximum absolute atomic E-state index is 2.93. The maximum atomic E-state index is 2.47. The molecule has 0 nitrogen and oxygen atoms in total. The Balaban J connectivity index is 2.38. The third-order valence-electron chi connectivity index (χ3n) is 4.21. The topological polar surface area (TPSA) is 0 Å². The summed E-state index contributed by atoms with van der Waals surface area (Å²) < 4.78 is 4.77. The summed E-state index contributed by atoms with van der Waals surface area (Å²) in [5, 5.41) is 0. The van der Waals surface area contributed by atoms with Crippen LogP contribution in [-0.4, -0.2) is 0 Å². The zero-order chi connectivity index (χ0) is 16.4. The normalized spacial score (nSPS) is 12.1. The second-order valence-corrected chi connectivity index (χ2v) is 24.6. The molecule has 0 N–H and O–H groups in total. The van der Waals surface area contributed by atoms with Gasteiger partial charge in [-0.2, -0.15) is 0 Å². The van der Waals surface area contributed by atoms with Crippen LogP contribution in [0.2, 0.25) is 0 Å². The Bertz CT molecular complexity index is 728. The first-order valence-electron chi connectivity index (χ1n) is 7.76. The Morgan fingerprint density at radius 1 is 0.522 bits per heavy atom. The Hall–Kier alpha value is -0.963. The molecule has 0 unspecified atom stereocenters. The number of hydrogen-bond donors (Lipinski definition) is 0. The summed E-state index contributed by atoms with van der Waals surface area (Å²) in [6, 6.07) is 27.0. The molecule has 2 heteroatoms. The molecule has 0 fully saturated rings. The minimum absolute atomic E-state index is 1.43. The summed E-state index contributed by atoms with van der Waals surface area (Å²) in [5.74, 6) is 0. The Morgan fingerprint density at radius 2 is 0.783 bits per heavy atom. The summed E-state index contributed by atoms with van der Waals surface area (Å²) in [4.78, 5) is 0. The van der Waals surface area contributed by atoms with Crippen molar-refractivity contribution in [2.45, 2.75) is 20.8 Å². The molecule has 3 aromatic rings. The van der Waals surface area contributed by atoms with Gasteiger partial charge in [-0.05, 0) is 0 Å². The number of benzene rings is 3. The van der Waals surface area contributed by atoms with Gasteiger partial charge in [-0.3, -0.25) is 0 Å². The van der Waals surface area contributed by atoms with Gasteiger partial charge in [0.05, 0.1) is 0 Å². The SMILES string of the molecule is Cc1cccc[c]1[W]([Mo])([c]1ccccc1C)[c]1ccccc1C. The van der Waals surface area contributed by atoms with Crippen molar-refractivity contribution in [2.24, 2.45) is 0 Å². The van der Waals surface area contributed by atoms with Crippen LogP contribution in [0.15, 0.2) is 72.8 Å². The third-order valence-corrected chi connectivity index (χ3v) is 26.7. The monoisotopic (exact) mass is 555 g/mol. The van der Waals surface area contributed by atoms with Gasteiger partial charge in [0.2, 0.25) is 0 Å². The molecule has 0 atom stereocenters. The van der Waals surface area contributed by atoms with Gasteiger partial charge in [0, 0.05) is 0 Å². The number of aryl methyl sites for hydroxylation is 3. The van der Waals surface area contributed by atoms with Crippen LogP contribution in [0.3, 0.4) is 0 Å². The third kappa shape index (κ3) is 3.04. The summed E-state index contributed by atoms with van der Waals surface area (Å²) in [6.45, 7) is 6.80. The molecule has 3 rings (SSSR count). The molecule has 0 aliphatic carbocycles. The van der Waals surface area contributed by atoms with Crippen molar-refractivity contribution in [1.82, 2.24) is 0 Å². The Labute approximate surface area is 151 Å². The van der Waals surface area contributed by atoms with E-state index in [2.05, 4.69) is 110 Å². The van der Waals surface area contributed by atoms with E-state index < -0.39 is 13.1 Å². The molecule has 0 saturated heterocycles. The molecule has 0 bridgehead atoms. The quantitative estimate of drug-likeness (QED) is 0.436. The first-order valence-corrected chi connectivity index (χ1v) is 20.1. The van der Waals surface area contributed by atoms with Crippen molar-refractivity contribution < 1.29 is 29.9 Å². The van der Waals surface area contributed by atoms with E-state index in [1.165, 1.54) is 16.7 Å². The molecule has 3 aromatic carbocycles. The molecule has 0 heterocycles. The summed E-state index contributed by atoms with van der Waals surface area (Å²) in [7, 11) is 0. The molecule has 0 spiro atoms. The van der Waals surface area contributed by atoms with Gasteiger partial charge in [-0.25, -0.2) is 0 Å². The molecule has 0 aliphatic heterocycles. The Kier molecular flexibility index (Phi) is 5.05. The summed E-state index contributed by atoms with van der Waals surface area (Å²) in [5.41, 5.74) is 4.29. The summed E-state index contributed by atoms with van der Waals surface area (Å²) >= 11 is -0.458. The van der Waals surface area contributed by atoms with Crippen LogP contribution in [0.5, 0.6) is 0 Å².